The van der Waals surface area contributed by atoms with Gasteiger partial charge in [0.15, 0.2) is 0 Å². The maximum Gasteiger partial charge on any atom is 0.0709 e. The molecule has 0 bridgehead atoms. The van der Waals surface area contributed by atoms with Gasteiger partial charge in [-0.15, -0.1) is 0 Å². The molecule has 2 atom stereocenters. The van der Waals surface area contributed by atoms with Crippen LogP contribution < -0.4 is 11.1 Å². The topological polar surface area (TPSA) is 58.3 Å². The number of hydrogen-bond donors (Lipinski definition) is 3. The summed E-state index contributed by atoms with van der Waals surface area (Å²) in [5.41, 5.74) is 4.93. The average Bonchev–Trinajstić information content (AvgIpc) is 1.96. The van der Waals surface area contributed by atoms with E-state index in [9.17, 15) is 5.11 Å². The maximum absolute atomic E-state index is 10.0. The molecule has 1 heterocycles. The second-order valence-electron chi connectivity index (χ2n) is 3.50. The summed E-state index contributed by atoms with van der Waals surface area (Å²) in [5, 5.41) is 13.3. The van der Waals surface area contributed by atoms with Crippen LogP contribution in [0.2, 0.25) is 0 Å². The predicted octanol–water partition coefficient (Wildman–Crippen LogP) is -0.304. The van der Waals surface area contributed by atoms with Crippen LogP contribution in [-0.4, -0.2) is 30.3 Å². The molecule has 1 fully saturated rings. The fourth-order valence-electron chi connectivity index (χ4n) is 1.68. The Hall–Kier alpha value is -0.120. The smallest absolute Gasteiger partial charge is 0.0709 e. The molecule has 0 aromatic rings. The van der Waals surface area contributed by atoms with E-state index in [2.05, 4.69) is 12.2 Å². The van der Waals surface area contributed by atoms with Crippen molar-refractivity contribution in [2.45, 2.75) is 25.4 Å². The molecule has 0 aromatic carbocycles. The van der Waals surface area contributed by atoms with Crippen molar-refractivity contribution < 1.29 is 5.11 Å². The Morgan fingerprint density at radius 1 is 1.73 bits per heavy atom. The van der Waals surface area contributed by atoms with Gasteiger partial charge in [-0.1, -0.05) is 6.92 Å². The lowest BCUT2D eigenvalue weighted by Gasteiger charge is -2.38. The fourth-order valence-corrected chi connectivity index (χ4v) is 1.68. The molecule has 1 aliphatic heterocycles. The minimum Gasteiger partial charge on any atom is -0.389 e. The maximum atomic E-state index is 10.0. The van der Waals surface area contributed by atoms with Gasteiger partial charge in [-0.3, -0.25) is 0 Å². The van der Waals surface area contributed by atoms with Crippen molar-refractivity contribution in [3.8, 4) is 0 Å². The van der Waals surface area contributed by atoms with Crippen LogP contribution in [0, 0.1) is 5.92 Å². The molecular formula is C8H18N2O. The highest BCUT2D eigenvalue weighted by molar-refractivity contribution is 4.89. The third-order valence-electron chi connectivity index (χ3n) is 2.68. The van der Waals surface area contributed by atoms with Gasteiger partial charge in [0.25, 0.3) is 0 Å². The largest absolute Gasteiger partial charge is 0.389 e. The number of piperidine rings is 1. The SMILES string of the molecule is CC1CNCCC1(O)CCN. The Labute approximate surface area is 68.0 Å². The van der Waals surface area contributed by atoms with E-state index in [1.165, 1.54) is 0 Å². The summed E-state index contributed by atoms with van der Waals surface area (Å²) in [6.07, 6.45) is 1.57. The summed E-state index contributed by atoms with van der Waals surface area (Å²) in [6, 6.07) is 0. The van der Waals surface area contributed by atoms with E-state index in [-0.39, 0.29) is 0 Å². The number of nitrogens with two attached hydrogens (primary N) is 1. The van der Waals surface area contributed by atoms with Gasteiger partial charge < -0.3 is 16.2 Å². The highest BCUT2D eigenvalue weighted by Gasteiger charge is 2.34. The molecule has 3 heteroatoms. The lowest BCUT2D eigenvalue weighted by Crippen LogP contribution is -2.49. The van der Waals surface area contributed by atoms with E-state index in [0.717, 1.165) is 25.9 Å². The zero-order valence-electron chi connectivity index (χ0n) is 7.14. The van der Waals surface area contributed by atoms with E-state index in [0.29, 0.717) is 12.5 Å². The van der Waals surface area contributed by atoms with Crippen molar-refractivity contribution in [1.29, 1.82) is 0 Å². The zero-order chi connectivity index (χ0) is 8.32. The van der Waals surface area contributed by atoms with Gasteiger partial charge in [-0.25, -0.2) is 0 Å². The lowest BCUT2D eigenvalue weighted by molar-refractivity contribution is -0.0383. The molecule has 11 heavy (non-hydrogen) atoms. The molecule has 0 spiro atoms. The van der Waals surface area contributed by atoms with Crippen LogP contribution in [0.15, 0.2) is 0 Å². The summed E-state index contributed by atoms with van der Waals surface area (Å²) in [6.45, 7) is 4.49. The number of aliphatic hydroxyl groups is 1. The van der Waals surface area contributed by atoms with Gasteiger partial charge in [-0.2, -0.15) is 0 Å². The van der Waals surface area contributed by atoms with Crippen LogP contribution in [0.3, 0.4) is 0 Å². The average molecular weight is 158 g/mol. The van der Waals surface area contributed by atoms with Crippen LogP contribution in [0.4, 0.5) is 0 Å². The number of nitrogens with one attached hydrogen (secondary N) is 1. The molecule has 66 valence electrons. The Balaban J connectivity index is 2.49. The minimum atomic E-state index is -0.500. The molecule has 3 nitrogen and oxygen atoms in total. The summed E-state index contributed by atoms with van der Waals surface area (Å²) in [4.78, 5) is 0. The Bertz CT molecular complexity index is 125. The molecule has 1 rings (SSSR count). The van der Waals surface area contributed by atoms with E-state index in [1.807, 2.05) is 0 Å². The third-order valence-corrected chi connectivity index (χ3v) is 2.68. The van der Waals surface area contributed by atoms with Gasteiger partial charge in [0.2, 0.25) is 0 Å². The summed E-state index contributed by atoms with van der Waals surface area (Å²) >= 11 is 0. The van der Waals surface area contributed by atoms with E-state index >= 15 is 0 Å². The highest BCUT2D eigenvalue weighted by Crippen LogP contribution is 2.26. The first-order chi connectivity index (χ1) is 5.19. The Kier molecular flexibility index (Phi) is 2.87. The van der Waals surface area contributed by atoms with Crippen LogP contribution >= 0.6 is 0 Å². The first kappa shape index (κ1) is 8.97. The van der Waals surface area contributed by atoms with E-state index in [1.54, 1.807) is 0 Å². The first-order valence-electron chi connectivity index (χ1n) is 4.32. The Morgan fingerprint density at radius 3 is 3.00 bits per heavy atom. The minimum absolute atomic E-state index is 0.333. The van der Waals surface area contributed by atoms with Crippen LogP contribution in [0.25, 0.3) is 0 Å². The third kappa shape index (κ3) is 1.92. The molecule has 0 aliphatic carbocycles. The quantitative estimate of drug-likeness (QED) is 0.517. The molecule has 0 amide bonds. The van der Waals surface area contributed by atoms with Crippen molar-refractivity contribution in [3.63, 3.8) is 0 Å². The van der Waals surface area contributed by atoms with Crippen molar-refractivity contribution >= 4 is 0 Å². The van der Waals surface area contributed by atoms with Crippen molar-refractivity contribution in [2.24, 2.45) is 11.7 Å². The zero-order valence-corrected chi connectivity index (χ0v) is 7.14. The monoisotopic (exact) mass is 158 g/mol. The second-order valence-corrected chi connectivity index (χ2v) is 3.50. The summed E-state index contributed by atoms with van der Waals surface area (Å²) in [5.74, 6) is 0.333. The molecule has 1 aliphatic rings. The standard InChI is InChI=1S/C8H18N2O/c1-7-6-10-5-3-8(7,11)2-4-9/h7,10-11H,2-6,9H2,1H3. The predicted molar refractivity (Wildman–Crippen MR) is 45.3 cm³/mol. The number of rotatable bonds is 2. The van der Waals surface area contributed by atoms with Crippen LogP contribution in [0.1, 0.15) is 19.8 Å². The van der Waals surface area contributed by atoms with Crippen molar-refractivity contribution in [3.05, 3.63) is 0 Å². The normalized spacial score (nSPS) is 39.0. The second kappa shape index (κ2) is 3.52. The fraction of sp³-hybridized carbons (Fsp3) is 1.00. The molecule has 4 N–H and O–H groups in total. The molecule has 2 unspecified atom stereocenters. The van der Waals surface area contributed by atoms with Crippen LogP contribution in [-0.2, 0) is 0 Å². The van der Waals surface area contributed by atoms with E-state index in [4.69, 9.17) is 5.73 Å². The van der Waals surface area contributed by atoms with Gasteiger partial charge in [-0.05, 0) is 31.8 Å². The van der Waals surface area contributed by atoms with Crippen molar-refractivity contribution in [2.75, 3.05) is 19.6 Å². The van der Waals surface area contributed by atoms with Crippen molar-refractivity contribution in [1.82, 2.24) is 5.32 Å². The lowest BCUT2D eigenvalue weighted by atomic mass is 9.80. The van der Waals surface area contributed by atoms with Crippen LogP contribution in [0.5, 0.6) is 0 Å². The molecule has 0 saturated carbocycles. The molecule has 1 saturated heterocycles. The molecule has 0 radical (unpaired) electrons. The molecule has 0 aromatic heterocycles. The first-order valence-corrected chi connectivity index (χ1v) is 4.32. The molecular weight excluding hydrogens is 140 g/mol. The number of hydrogen-bond acceptors (Lipinski definition) is 3. The Morgan fingerprint density at radius 2 is 2.45 bits per heavy atom. The van der Waals surface area contributed by atoms with Gasteiger partial charge >= 0.3 is 0 Å². The van der Waals surface area contributed by atoms with Gasteiger partial charge in [0.1, 0.15) is 0 Å². The highest BCUT2D eigenvalue weighted by atomic mass is 16.3. The van der Waals surface area contributed by atoms with E-state index < -0.39 is 5.60 Å². The summed E-state index contributed by atoms with van der Waals surface area (Å²) < 4.78 is 0. The van der Waals surface area contributed by atoms with Gasteiger partial charge in [0.05, 0.1) is 5.60 Å². The van der Waals surface area contributed by atoms with Gasteiger partial charge in [0, 0.05) is 6.54 Å². The summed E-state index contributed by atoms with van der Waals surface area (Å²) in [7, 11) is 0.